The van der Waals surface area contributed by atoms with Crippen LogP contribution in [-0.4, -0.2) is 8.42 Å². The number of benzene rings is 2. The Balaban J connectivity index is 0.00000180. The summed E-state index contributed by atoms with van der Waals surface area (Å²) < 4.78 is 29.3. The molecule has 0 radical (unpaired) electrons. The molecule has 0 unspecified atom stereocenters. The van der Waals surface area contributed by atoms with E-state index in [1.807, 2.05) is 0 Å². The van der Waals surface area contributed by atoms with Gasteiger partial charge in [0.1, 0.15) is 10.6 Å². The van der Waals surface area contributed by atoms with Crippen LogP contribution in [-0.2, 0) is 10.1 Å². The molecule has 0 bridgehead atoms. The standard InChI is InChI=1S/C14H12O3S.Na.H/c1-2-12-8-6-7-11-14(12)18(15,16)17-13-9-4-3-5-10-13;;/h2-11H,1H2;;/q;+1;-1. The van der Waals surface area contributed by atoms with Crippen molar-refractivity contribution in [1.29, 1.82) is 0 Å². The fourth-order valence-corrected chi connectivity index (χ4v) is 2.66. The zero-order valence-corrected chi connectivity index (χ0v) is 13.4. The minimum atomic E-state index is -3.83. The van der Waals surface area contributed by atoms with Gasteiger partial charge < -0.3 is 5.61 Å². The summed E-state index contributed by atoms with van der Waals surface area (Å²) in [5, 5.41) is 0. The summed E-state index contributed by atoms with van der Waals surface area (Å²) >= 11 is 0. The van der Waals surface area contributed by atoms with Crippen LogP contribution in [0.15, 0.2) is 66.1 Å². The average molecular weight is 284 g/mol. The maximum absolute atomic E-state index is 12.1. The summed E-state index contributed by atoms with van der Waals surface area (Å²) in [6, 6.07) is 15.0. The Morgan fingerprint density at radius 1 is 1.00 bits per heavy atom. The van der Waals surface area contributed by atoms with Gasteiger partial charge in [0, 0.05) is 0 Å². The molecule has 0 amide bonds. The molecule has 0 aliphatic heterocycles. The van der Waals surface area contributed by atoms with Crippen LogP contribution < -0.4 is 33.7 Å². The second-order valence-electron chi connectivity index (χ2n) is 3.59. The van der Waals surface area contributed by atoms with Crippen LogP contribution in [0.25, 0.3) is 6.08 Å². The first-order chi connectivity index (χ1) is 8.63. The fraction of sp³-hybridized carbons (Fsp3) is 0. The fourth-order valence-electron chi connectivity index (χ4n) is 1.52. The van der Waals surface area contributed by atoms with Gasteiger partial charge in [0.2, 0.25) is 0 Å². The first-order valence-corrected chi connectivity index (χ1v) is 6.75. The van der Waals surface area contributed by atoms with E-state index < -0.39 is 10.1 Å². The van der Waals surface area contributed by atoms with Crippen molar-refractivity contribution < 1.29 is 43.6 Å². The number of hydrogen-bond donors (Lipinski definition) is 0. The zero-order valence-electron chi connectivity index (χ0n) is 11.6. The molecule has 0 aliphatic carbocycles. The van der Waals surface area contributed by atoms with E-state index in [0.717, 1.165) is 0 Å². The molecule has 5 heteroatoms. The summed E-state index contributed by atoms with van der Waals surface area (Å²) in [7, 11) is -3.83. The topological polar surface area (TPSA) is 43.4 Å². The molecule has 0 heterocycles. The van der Waals surface area contributed by atoms with Crippen molar-refractivity contribution in [3.8, 4) is 5.75 Å². The summed E-state index contributed by atoms with van der Waals surface area (Å²) in [5.74, 6) is 0.288. The predicted molar refractivity (Wildman–Crippen MR) is 71.9 cm³/mol. The molecule has 2 aromatic rings. The number of rotatable bonds is 4. The van der Waals surface area contributed by atoms with Gasteiger partial charge in [-0.3, -0.25) is 0 Å². The normalized spacial score (nSPS) is 10.3. The SMILES string of the molecule is C=Cc1ccccc1S(=O)(=O)Oc1ccccc1.[H-].[Na+]. The molecule has 0 N–H and O–H groups in total. The molecule has 0 fully saturated rings. The van der Waals surface area contributed by atoms with Gasteiger partial charge in [0.15, 0.2) is 0 Å². The van der Waals surface area contributed by atoms with E-state index in [0.29, 0.717) is 5.56 Å². The van der Waals surface area contributed by atoms with Gasteiger partial charge in [0.05, 0.1) is 0 Å². The summed E-state index contributed by atoms with van der Waals surface area (Å²) in [5.41, 5.74) is 0.522. The number of hydrogen-bond acceptors (Lipinski definition) is 3. The van der Waals surface area contributed by atoms with Gasteiger partial charge in [-0.25, -0.2) is 0 Å². The van der Waals surface area contributed by atoms with E-state index in [4.69, 9.17) is 4.18 Å². The smallest absolute Gasteiger partial charge is 1.00 e. The van der Waals surface area contributed by atoms with Crippen LogP contribution >= 0.6 is 0 Å². The molecule has 0 spiro atoms. The quantitative estimate of drug-likeness (QED) is 0.595. The summed E-state index contributed by atoms with van der Waals surface area (Å²) in [4.78, 5) is 0.115. The van der Waals surface area contributed by atoms with Gasteiger partial charge in [-0.2, -0.15) is 8.42 Å². The molecule has 0 saturated carbocycles. The molecule has 0 aromatic heterocycles. The first kappa shape index (κ1) is 16.0. The van der Waals surface area contributed by atoms with Crippen molar-refractivity contribution in [2.24, 2.45) is 0 Å². The van der Waals surface area contributed by atoms with E-state index in [1.165, 1.54) is 12.1 Å². The van der Waals surface area contributed by atoms with Crippen molar-refractivity contribution >= 4 is 16.2 Å². The van der Waals surface area contributed by atoms with E-state index in [1.54, 1.807) is 48.5 Å². The monoisotopic (exact) mass is 284 g/mol. The second-order valence-corrected chi connectivity index (χ2v) is 5.11. The third-order valence-corrected chi connectivity index (χ3v) is 3.68. The third kappa shape index (κ3) is 3.94. The maximum Gasteiger partial charge on any atom is 1.00 e. The predicted octanol–water partition coefficient (Wildman–Crippen LogP) is 0.214. The third-order valence-electron chi connectivity index (χ3n) is 2.36. The summed E-state index contributed by atoms with van der Waals surface area (Å²) in [6.07, 6.45) is 1.49. The van der Waals surface area contributed by atoms with E-state index in [9.17, 15) is 8.42 Å². The molecule has 2 rings (SSSR count). The molecule has 94 valence electrons. The van der Waals surface area contributed by atoms with Crippen LogP contribution in [0.3, 0.4) is 0 Å². The van der Waals surface area contributed by atoms with E-state index in [-0.39, 0.29) is 41.6 Å². The summed E-state index contributed by atoms with van der Waals surface area (Å²) in [6.45, 7) is 3.59. The van der Waals surface area contributed by atoms with Gasteiger partial charge in [-0.05, 0) is 23.8 Å². The molecular formula is C14H13NaO3S. The van der Waals surface area contributed by atoms with Crippen LogP contribution in [0.5, 0.6) is 5.75 Å². The Morgan fingerprint density at radius 2 is 1.58 bits per heavy atom. The molecular weight excluding hydrogens is 271 g/mol. The molecule has 19 heavy (non-hydrogen) atoms. The zero-order chi connectivity index (χ0) is 13.0. The van der Waals surface area contributed by atoms with Crippen molar-refractivity contribution in [2.45, 2.75) is 4.90 Å². The molecule has 0 saturated heterocycles. The Hall–Kier alpha value is -1.07. The van der Waals surface area contributed by atoms with Crippen LogP contribution in [0.4, 0.5) is 0 Å². The van der Waals surface area contributed by atoms with E-state index in [2.05, 4.69) is 6.58 Å². The Bertz CT molecular complexity index is 657. The van der Waals surface area contributed by atoms with E-state index >= 15 is 0 Å². The van der Waals surface area contributed by atoms with Crippen molar-refractivity contribution in [3.05, 3.63) is 66.7 Å². The average Bonchev–Trinajstić information content (AvgIpc) is 2.39. The van der Waals surface area contributed by atoms with Crippen molar-refractivity contribution in [2.75, 3.05) is 0 Å². The Morgan fingerprint density at radius 3 is 2.21 bits per heavy atom. The van der Waals surface area contributed by atoms with Crippen LogP contribution in [0.1, 0.15) is 6.99 Å². The van der Waals surface area contributed by atoms with Gasteiger partial charge in [-0.1, -0.05) is 49.1 Å². The maximum atomic E-state index is 12.1. The van der Waals surface area contributed by atoms with Crippen LogP contribution in [0.2, 0.25) is 0 Å². The number of para-hydroxylation sites is 1. The molecule has 0 aliphatic rings. The van der Waals surface area contributed by atoms with Crippen LogP contribution in [0, 0.1) is 0 Å². The van der Waals surface area contributed by atoms with Crippen molar-refractivity contribution in [3.63, 3.8) is 0 Å². The largest absolute Gasteiger partial charge is 1.00 e. The Kier molecular flexibility index (Phi) is 5.82. The van der Waals surface area contributed by atoms with Gasteiger partial charge >= 0.3 is 39.7 Å². The Labute approximate surface area is 136 Å². The second kappa shape index (κ2) is 6.91. The van der Waals surface area contributed by atoms with Gasteiger partial charge in [-0.15, -0.1) is 0 Å². The molecule has 2 aromatic carbocycles. The minimum absolute atomic E-state index is 0. The molecule has 0 atom stereocenters. The van der Waals surface area contributed by atoms with Crippen molar-refractivity contribution in [1.82, 2.24) is 0 Å². The van der Waals surface area contributed by atoms with Gasteiger partial charge in [0.25, 0.3) is 0 Å². The first-order valence-electron chi connectivity index (χ1n) is 5.34. The minimum Gasteiger partial charge on any atom is -1.00 e. The molecule has 3 nitrogen and oxygen atoms in total.